The van der Waals surface area contributed by atoms with E-state index in [1.54, 1.807) is 6.92 Å². The first-order valence-electron chi connectivity index (χ1n) is 4.53. The van der Waals surface area contributed by atoms with Crippen LogP contribution in [0.1, 0.15) is 25.3 Å². The Kier molecular flexibility index (Phi) is 5.00. The van der Waals surface area contributed by atoms with Gasteiger partial charge in [-0.3, -0.25) is 4.79 Å². The van der Waals surface area contributed by atoms with Crippen molar-refractivity contribution in [3.63, 3.8) is 0 Å². The lowest BCUT2D eigenvalue weighted by Gasteiger charge is -2.18. The van der Waals surface area contributed by atoms with Gasteiger partial charge in [-0.05, 0) is 30.7 Å². The standard InChI is InChI=1S/C11H11Br3O/c1-6(11(14)7(2)15)9-5-8(12)3-4-10(9)13/h3-6,11H,1-2H3. The van der Waals surface area contributed by atoms with Gasteiger partial charge in [0, 0.05) is 14.9 Å². The van der Waals surface area contributed by atoms with E-state index < -0.39 is 0 Å². The Bertz CT molecular complexity index is 376. The van der Waals surface area contributed by atoms with Crippen LogP contribution in [0, 0.1) is 0 Å². The summed E-state index contributed by atoms with van der Waals surface area (Å²) >= 11 is 10.3. The molecule has 0 bridgehead atoms. The highest BCUT2D eigenvalue weighted by atomic mass is 79.9. The molecule has 0 aromatic heterocycles. The molecule has 0 aliphatic carbocycles. The zero-order chi connectivity index (χ0) is 11.6. The third kappa shape index (κ3) is 3.40. The van der Waals surface area contributed by atoms with E-state index in [2.05, 4.69) is 47.8 Å². The summed E-state index contributed by atoms with van der Waals surface area (Å²) in [5.74, 6) is 0.295. The molecular formula is C11H11Br3O. The molecular weight excluding hydrogens is 388 g/mol. The number of alkyl halides is 1. The molecule has 0 saturated carbocycles. The van der Waals surface area contributed by atoms with Crippen molar-refractivity contribution in [1.82, 2.24) is 0 Å². The Hall–Kier alpha value is 0.330. The maximum atomic E-state index is 11.3. The quantitative estimate of drug-likeness (QED) is 0.676. The Morgan fingerprint density at radius 1 is 1.33 bits per heavy atom. The number of rotatable bonds is 3. The zero-order valence-corrected chi connectivity index (χ0v) is 13.2. The van der Waals surface area contributed by atoms with Gasteiger partial charge in [0.25, 0.3) is 0 Å². The Balaban J connectivity index is 3.04. The maximum Gasteiger partial charge on any atom is 0.144 e. The number of carbonyl (C=O) groups is 1. The van der Waals surface area contributed by atoms with Crippen molar-refractivity contribution < 1.29 is 4.79 Å². The van der Waals surface area contributed by atoms with Crippen molar-refractivity contribution >= 4 is 53.6 Å². The third-order valence-corrected chi connectivity index (χ3v) is 4.93. The van der Waals surface area contributed by atoms with E-state index in [9.17, 15) is 4.79 Å². The van der Waals surface area contributed by atoms with Crippen LogP contribution in [0.4, 0.5) is 0 Å². The SMILES string of the molecule is CC(=O)C(Br)C(C)c1cc(Br)ccc1Br. The average molecular weight is 399 g/mol. The van der Waals surface area contributed by atoms with Crippen molar-refractivity contribution in [3.05, 3.63) is 32.7 Å². The summed E-state index contributed by atoms with van der Waals surface area (Å²) in [7, 11) is 0. The number of hydrogen-bond acceptors (Lipinski definition) is 1. The molecule has 1 nitrogen and oxygen atoms in total. The second-order valence-electron chi connectivity index (χ2n) is 3.47. The number of hydrogen-bond donors (Lipinski definition) is 0. The summed E-state index contributed by atoms with van der Waals surface area (Å²) in [5, 5.41) is 0. The van der Waals surface area contributed by atoms with Crippen molar-refractivity contribution in [3.8, 4) is 0 Å². The molecule has 4 heteroatoms. The highest BCUT2D eigenvalue weighted by Crippen LogP contribution is 2.32. The van der Waals surface area contributed by atoms with Crippen molar-refractivity contribution in [2.75, 3.05) is 0 Å². The molecule has 2 atom stereocenters. The van der Waals surface area contributed by atoms with E-state index in [0.29, 0.717) is 0 Å². The monoisotopic (exact) mass is 396 g/mol. The smallest absolute Gasteiger partial charge is 0.144 e. The number of halogens is 3. The van der Waals surface area contributed by atoms with Crippen LogP contribution in [0.25, 0.3) is 0 Å². The van der Waals surface area contributed by atoms with E-state index in [-0.39, 0.29) is 16.5 Å². The van der Waals surface area contributed by atoms with Crippen LogP contribution in [0.15, 0.2) is 27.1 Å². The molecule has 2 unspecified atom stereocenters. The zero-order valence-electron chi connectivity index (χ0n) is 8.43. The lowest BCUT2D eigenvalue weighted by atomic mass is 9.96. The molecule has 1 rings (SSSR count). The number of benzene rings is 1. The van der Waals surface area contributed by atoms with E-state index in [1.165, 1.54) is 0 Å². The van der Waals surface area contributed by atoms with Crippen LogP contribution in [-0.4, -0.2) is 10.6 Å². The minimum Gasteiger partial charge on any atom is -0.299 e. The fraction of sp³-hybridized carbons (Fsp3) is 0.364. The van der Waals surface area contributed by atoms with Crippen molar-refractivity contribution in [2.45, 2.75) is 24.6 Å². The summed E-state index contributed by atoms with van der Waals surface area (Å²) in [4.78, 5) is 11.1. The molecule has 1 aromatic rings. The van der Waals surface area contributed by atoms with Gasteiger partial charge < -0.3 is 0 Å². The predicted molar refractivity (Wildman–Crippen MR) is 73.7 cm³/mol. The van der Waals surface area contributed by atoms with Crippen LogP contribution in [0.2, 0.25) is 0 Å². The minimum absolute atomic E-state index is 0.136. The van der Waals surface area contributed by atoms with Crippen LogP contribution in [-0.2, 0) is 4.79 Å². The van der Waals surface area contributed by atoms with E-state index >= 15 is 0 Å². The van der Waals surface area contributed by atoms with Crippen LogP contribution >= 0.6 is 47.8 Å². The summed E-state index contributed by atoms with van der Waals surface area (Å²) in [5.41, 5.74) is 1.13. The molecule has 0 aliphatic rings. The van der Waals surface area contributed by atoms with Crippen molar-refractivity contribution in [2.24, 2.45) is 0 Å². The molecule has 0 heterocycles. The fourth-order valence-corrected chi connectivity index (χ4v) is 2.64. The van der Waals surface area contributed by atoms with E-state index in [4.69, 9.17) is 0 Å². The molecule has 82 valence electrons. The summed E-state index contributed by atoms with van der Waals surface area (Å²) in [6.07, 6.45) is 0. The molecule has 0 saturated heterocycles. The fourth-order valence-electron chi connectivity index (χ4n) is 1.37. The molecule has 0 fully saturated rings. The summed E-state index contributed by atoms with van der Waals surface area (Å²) < 4.78 is 2.06. The first-order valence-corrected chi connectivity index (χ1v) is 7.03. The number of ketones is 1. The van der Waals surface area contributed by atoms with E-state index in [1.807, 2.05) is 25.1 Å². The van der Waals surface area contributed by atoms with Crippen LogP contribution < -0.4 is 0 Å². The predicted octanol–water partition coefficient (Wildman–Crippen LogP) is 4.67. The van der Waals surface area contributed by atoms with Gasteiger partial charge in [-0.15, -0.1) is 0 Å². The van der Waals surface area contributed by atoms with Crippen molar-refractivity contribution in [1.29, 1.82) is 0 Å². The molecule has 0 radical (unpaired) electrons. The van der Waals surface area contributed by atoms with Gasteiger partial charge in [0.15, 0.2) is 0 Å². The number of carbonyl (C=O) groups excluding carboxylic acids is 1. The third-order valence-electron chi connectivity index (χ3n) is 2.28. The highest BCUT2D eigenvalue weighted by molar-refractivity contribution is 9.11. The second kappa shape index (κ2) is 5.60. The maximum absolute atomic E-state index is 11.3. The summed E-state index contributed by atoms with van der Waals surface area (Å²) in [6, 6.07) is 5.99. The van der Waals surface area contributed by atoms with Gasteiger partial charge in [-0.2, -0.15) is 0 Å². The topological polar surface area (TPSA) is 17.1 Å². The second-order valence-corrected chi connectivity index (χ2v) is 6.22. The van der Waals surface area contributed by atoms with Gasteiger partial charge in [0.2, 0.25) is 0 Å². The number of Topliss-reactive ketones (excluding diaryl/α,β-unsaturated/α-hetero) is 1. The lowest BCUT2D eigenvalue weighted by Crippen LogP contribution is -2.17. The molecule has 0 N–H and O–H groups in total. The van der Waals surface area contributed by atoms with Gasteiger partial charge in [0.1, 0.15) is 5.78 Å². The highest BCUT2D eigenvalue weighted by Gasteiger charge is 2.21. The molecule has 0 amide bonds. The minimum atomic E-state index is -0.136. The Morgan fingerprint density at radius 2 is 1.93 bits per heavy atom. The Labute approximate surface area is 115 Å². The molecule has 0 aliphatic heterocycles. The molecule has 15 heavy (non-hydrogen) atoms. The van der Waals surface area contributed by atoms with Gasteiger partial charge in [-0.1, -0.05) is 54.7 Å². The molecule has 1 aromatic carbocycles. The first-order chi connectivity index (χ1) is 6.93. The Morgan fingerprint density at radius 3 is 2.47 bits per heavy atom. The van der Waals surface area contributed by atoms with Gasteiger partial charge in [0.05, 0.1) is 4.83 Å². The molecule has 0 spiro atoms. The van der Waals surface area contributed by atoms with Gasteiger partial charge in [-0.25, -0.2) is 0 Å². The average Bonchev–Trinajstić information content (AvgIpc) is 2.19. The van der Waals surface area contributed by atoms with Gasteiger partial charge >= 0.3 is 0 Å². The lowest BCUT2D eigenvalue weighted by molar-refractivity contribution is -0.116. The normalized spacial score (nSPS) is 14.7. The van der Waals surface area contributed by atoms with Crippen LogP contribution in [0.3, 0.4) is 0 Å². The van der Waals surface area contributed by atoms with Crippen LogP contribution in [0.5, 0.6) is 0 Å². The first kappa shape index (κ1) is 13.4. The van der Waals surface area contributed by atoms with E-state index in [0.717, 1.165) is 14.5 Å². The summed E-state index contributed by atoms with van der Waals surface area (Å²) in [6.45, 7) is 3.63. The largest absolute Gasteiger partial charge is 0.299 e.